The summed E-state index contributed by atoms with van der Waals surface area (Å²) < 4.78 is 15.8. The molecular formula is C37H58O6. The average Bonchev–Trinajstić information content (AvgIpc) is 3.31. The van der Waals surface area contributed by atoms with Crippen molar-refractivity contribution in [3.8, 4) is 0 Å². The van der Waals surface area contributed by atoms with Gasteiger partial charge in [0.15, 0.2) is 0 Å². The van der Waals surface area contributed by atoms with E-state index in [0.29, 0.717) is 11.0 Å². The normalized spacial score (nSPS) is 33.8. The molecule has 0 spiro atoms. The first kappa shape index (κ1) is 33.8. The van der Waals surface area contributed by atoms with Crippen LogP contribution in [-0.2, 0) is 28.6 Å². The van der Waals surface area contributed by atoms with Crippen molar-refractivity contribution in [1.82, 2.24) is 0 Å². The van der Waals surface area contributed by atoms with Crippen LogP contribution in [0, 0.1) is 46.3 Å². The van der Waals surface area contributed by atoms with Crippen LogP contribution in [-0.4, -0.2) is 37.2 Å². The first-order valence-corrected chi connectivity index (χ1v) is 17.2. The number of rotatable bonds is 13. The summed E-state index contributed by atoms with van der Waals surface area (Å²) in [5, 5.41) is 0. The van der Waals surface area contributed by atoms with Gasteiger partial charge in [0, 0.05) is 12.0 Å². The molecular weight excluding hydrogens is 540 g/mol. The minimum Gasteiger partial charge on any atom is -0.462 e. The molecule has 242 valence electrons. The molecule has 0 aromatic carbocycles. The highest BCUT2D eigenvalue weighted by Gasteiger charge is 2.59. The molecule has 43 heavy (non-hydrogen) atoms. The predicted octanol–water partition coefficient (Wildman–Crippen LogP) is 8.38. The largest absolute Gasteiger partial charge is 0.462 e. The lowest BCUT2D eigenvalue weighted by molar-refractivity contribution is -0.156. The lowest BCUT2D eigenvalue weighted by Crippen LogP contribution is -2.51. The molecule has 0 aliphatic heterocycles. The van der Waals surface area contributed by atoms with Crippen LogP contribution in [0.25, 0.3) is 0 Å². The lowest BCUT2D eigenvalue weighted by Gasteiger charge is -2.58. The van der Waals surface area contributed by atoms with Gasteiger partial charge in [0.1, 0.15) is 19.3 Å². The Morgan fingerprint density at radius 1 is 0.930 bits per heavy atom. The van der Waals surface area contributed by atoms with Gasteiger partial charge >= 0.3 is 17.9 Å². The van der Waals surface area contributed by atoms with Gasteiger partial charge in [-0.1, -0.05) is 72.1 Å². The molecule has 1 unspecified atom stereocenters. The second-order valence-corrected chi connectivity index (χ2v) is 15.3. The van der Waals surface area contributed by atoms with Crippen molar-refractivity contribution in [2.45, 2.75) is 131 Å². The summed E-state index contributed by atoms with van der Waals surface area (Å²) in [7, 11) is 0. The Morgan fingerprint density at radius 3 is 2.37 bits per heavy atom. The van der Waals surface area contributed by atoms with Gasteiger partial charge in [0.25, 0.3) is 0 Å². The van der Waals surface area contributed by atoms with Crippen molar-refractivity contribution in [3.63, 3.8) is 0 Å². The summed E-state index contributed by atoms with van der Waals surface area (Å²) in [5.74, 6) is 3.51. The minimum atomic E-state index is -0.515. The van der Waals surface area contributed by atoms with Gasteiger partial charge < -0.3 is 14.2 Å². The van der Waals surface area contributed by atoms with Gasteiger partial charge in [0.2, 0.25) is 0 Å². The molecule has 0 N–H and O–H groups in total. The van der Waals surface area contributed by atoms with E-state index in [1.807, 2.05) is 0 Å². The zero-order valence-corrected chi connectivity index (χ0v) is 27.9. The SMILES string of the molecule is C=C(C)C(=O)OCCOC(=O)CCC(=O)OC1CC[C@@]2(C)C(=CC[C@H]3[C@@H]4CC[C@H]([C@H](C)CCCC(C)C)[C@@]4(C)CC[C@@H]32)C1. The van der Waals surface area contributed by atoms with Crippen molar-refractivity contribution in [2.24, 2.45) is 46.3 Å². The van der Waals surface area contributed by atoms with Gasteiger partial charge in [0.05, 0.1) is 12.8 Å². The molecule has 0 aromatic rings. The molecule has 6 heteroatoms. The minimum absolute atomic E-state index is 0.000770. The Balaban J connectivity index is 1.25. The van der Waals surface area contributed by atoms with E-state index in [1.165, 1.54) is 56.9 Å². The molecule has 4 aliphatic carbocycles. The molecule has 8 atom stereocenters. The number of allylic oxidation sites excluding steroid dienone is 1. The van der Waals surface area contributed by atoms with Crippen molar-refractivity contribution >= 4 is 17.9 Å². The van der Waals surface area contributed by atoms with Crippen molar-refractivity contribution in [3.05, 3.63) is 23.8 Å². The van der Waals surface area contributed by atoms with E-state index in [0.717, 1.165) is 54.8 Å². The summed E-state index contributed by atoms with van der Waals surface area (Å²) in [4.78, 5) is 36.0. The monoisotopic (exact) mass is 598 g/mol. The number of carbonyl (C=O) groups is 3. The third-order valence-corrected chi connectivity index (χ3v) is 12.0. The topological polar surface area (TPSA) is 78.9 Å². The summed E-state index contributed by atoms with van der Waals surface area (Å²) in [6.45, 7) is 17.4. The summed E-state index contributed by atoms with van der Waals surface area (Å²) >= 11 is 0. The van der Waals surface area contributed by atoms with Gasteiger partial charge in [-0.05, 0) is 98.2 Å². The van der Waals surface area contributed by atoms with Crippen LogP contribution in [0.4, 0.5) is 0 Å². The van der Waals surface area contributed by atoms with E-state index >= 15 is 0 Å². The Labute approximate surface area is 260 Å². The molecule has 4 rings (SSSR count). The van der Waals surface area contributed by atoms with Crippen LogP contribution < -0.4 is 0 Å². The van der Waals surface area contributed by atoms with E-state index in [-0.39, 0.29) is 43.5 Å². The molecule has 0 amide bonds. The number of fused-ring (bicyclic) bond motifs is 5. The molecule has 3 fully saturated rings. The first-order chi connectivity index (χ1) is 20.3. The quantitative estimate of drug-likeness (QED) is 0.0697. The molecule has 6 nitrogen and oxygen atoms in total. The number of carbonyl (C=O) groups excluding carboxylic acids is 3. The second kappa shape index (κ2) is 14.3. The zero-order valence-electron chi connectivity index (χ0n) is 27.9. The first-order valence-electron chi connectivity index (χ1n) is 17.2. The van der Waals surface area contributed by atoms with Gasteiger partial charge in [-0.15, -0.1) is 0 Å². The number of ether oxygens (including phenoxy) is 3. The smallest absolute Gasteiger partial charge is 0.333 e. The van der Waals surface area contributed by atoms with E-state index in [1.54, 1.807) is 6.92 Å². The van der Waals surface area contributed by atoms with Gasteiger partial charge in [-0.3, -0.25) is 9.59 Å². The molecule has 3 saturated carbocycles. The molecule has 0 saturated heterocycles. The van der Waals surface area contributed by atoms with E-state index in [4.69, 9.17) is 14.2 Å². The Morgan fingerprint density at radius 2 is 1.65 bits per heavy atom. The fraction of sp³-hybridized carbons (Fsp3) is 0.811. The molecule has 0 heterocycles. The van der Waals surface area contributed by atoms with Crippen LogP contribution in [0.5, 0.6) is 0 Å². The summed E-state index contributed by atoms with van der Waals surface area (Å²) in [6.07, 6.45) is 16.0. The maximum atomic E-state index is 12.6. The van der Waals surface area contributed by atoms with Crippen LogP contribution in [0.15, 0.2) is 23.8 Å². The number of esters is 3. The van der Waals surface area contributed by atoms with Gasteiger partial charge in [-0.25, -0.2) is 4.79 Å². The maximum Gasteiger partial charge on any atom is 0.333 e. The van der Waals surface area contributed by atoms with Crippen LogP contribution in [0.1, 0.15) is 125 Å². The lowest BCUT2D eigenvalue weighted by atomic mass is 9.47. The maximum absolute atomic E-state index is 12.6. The standard InChI is InChI=1S/C37H58O6/c1-24(2)9-8-10-26(5)30-13-14-31-29-12-11-27-23-28(17-19-36(27,6)32(29)18-20-37(30,31)7)43-34(39)16-15-33(38)41-21-22-42-35(40)25(3)4/h11,24,26,28-32H,3,8-10,12-23H2,1-2,4-7H3/t26-,28?,29+,30-,31+,32+,36+,37-/m1/s1. The second-order valence-electron chi connectivity index (χ2n) is 15.3. The highest BCUT2D eigenvalue weighted by Crippen LogP contribution is 2.67. The molecule has 0 bridgehead atoms. The average molecular weight is 599 g/mol. The zero-order chi connectivity index (χ0) is 31.4. The van der Waals surface area contributed by atoms with Crippen LogP contribution >= 0.6 is 0 Å². The third-order valence-electron chi connectivity index (χ3n) is 12.0. The van der Waals surface area contributed by atoms with E-state index in [9.17, 15) is 14.4 Å². The summed E-state index contributed by atoms with van der Waals surface area (Å²) in [5.41, 5.74) is 2.50. The molecule has 4 aliphatic rings. The van der Waals surface area contributed by atoms with Crippen LogP contribution in [0.3, 0.4) is 0 Å². The number of hydrogen-bond donors (Lipinski definition) is 0. The van der Waals surface area contributed by atoms with Gasteiger partial charge in [-0.2, -0.15) is 0 Å². The third kappa shape index (κ3) is 7.76. The predicted molar refractivity (Wildman–Crippen MR) is 169 cm³/mol. The fourth-order valence-electron chi connectivity index (χ4n) is 9.69. The van der Waals surface area contributed by atoms with Crippen molar-refractivity contribution in [2.75, 3.05) is 13.2 Å². The van der Waals surface area contributed by atoms with Crippen molar-refractivity contribution < 1.29 is 28.6 Å². The highest BCUT2D eigenvalue weighted by atomic mass is 16.6. The fourth-order valence-corrected chi connectivity index (χ4v) is 9.69. The highest BCUT2D eigenvalue weighted by molar-refractivity contribution is 5.86. The van der Waals surface area contributed by atoms with E-state index < -0.39 is 11.9 Å². The van der Waals surface area contributed by atoms with E-state index in [2.05, 4.69) is 47.3 Å². The Bertz CT molecular complexity index is 1060. The molecule has 0 aromatic heterocycles. The van der Waals surface area contributed by atoms with Crippen molar-refractivity contribution in [1.29, 1.82) is 0 Å². The summed E-state index contributed by atoms with van der Waals surface area (Å²) in [6, 6.07) is 0. The number of hydrogen-bond acceptors (Lipinski definition) is 6. The Hall–Kier alpha value is -2.11. The Kier molecular flexibility index (Phi) is 11.3. The van der Waals surface area contributed by atoms with Crippen LogP contribution in [0.2, 0.25) is 0 Å². The molecule has 0 radical (unpaired) electrons.